The van der Waals surface area contributed by atoms with E-state index in [4.69, 9.17) is 0 Å². The molecule has 0 unspecified atom stereocenters. The quantitative estimate of drug-likeness (QED) is 0.847. The number of carbonyl (C=O) groups is 1. The maximum absolute atomic E-state index is 12.9. The van der Waals surface area contributed by atoms with Crippen molar-refractivity contribution in [3.8, 4) is 0 Å². The third kappa shape index (κ3) is 2.86. The number of nitrogens with zero attached hydrogens (tertiary/aromatic N) is 2. The molecule has 1 aliphatic carbocycles. The molecule has 0 N–H and O–H groups in total. The Bertz CT molecular complexity index is 692. The molecule has 3 heteroatoms. The van der Waals surface area contributed by atoms with Crippen molar-refractivity contribution in [1.29, 1.82) is 0 Å². The molecule has 1 heterocycles. The zero-order valence-corrected chi connectivity index (χ0v) is 13.6. The molecule has 1 amide bonds. The van der Waals surface area contributed by atoms with Gasteiger partial charge in [0.05, 0.1) is 0 Å². The minimum absolute atomic E-state index is 0.188. The van der Waals surface area contributed by atoms with Gasteiger partial charge in [-0.05, 0) is 29.7 Å². The predicted octanol–water partition coefficient (Wildman–Crippen LogP) is 3.54. The molecule has 1 aliphatic heterocycles. The number of carbonyl (C=O) groups excluding carboxylic acids is 1. The van der Waals surface area contributed by atoms with E-state index in [1.54, 1.807) is 0 Å². The molecule has 3 nitrogen and oxygen atoms in total. The lowest BCUT2D eigenvalue weighted by Crippen LogP contribution is -2.51. The number of piperazine rings is 1. The molecule has 0 atom stereocenters. The van der Waals surface area contributed by atoms with Gasteiger partial charge in [-0.1, -0.05) is 49.2 Å². The van der Waals surface area contributed by atoms with Crippen LogP contribution < -0.4 is 0 Å². The third-order valence-electron chi connectivity index (χ3n) is 5.46. The van der Waals surface area contributed by atoms with Crippen LogP contribution in [-0.4, -0.2) is 47.9 Å². The van der Waals surface area contributed by atoms with Gasteiger partial charge >= 0.3 is 0 Å². The SMILES string of the molecule is O=C(c1cccc2ccccc12)N1CCN(C2CCCC2)CC1. The van der Waals surface area contributed by atoms with Crippen LogP contribution in [0.3, 0.4) is 0 Å². The molecule has 1 saturated carbocycles. The number of hydrogen-bond donors (Lipinski definition) is 0. The molecule has 2 fully saturated rings. The van der Waals surface area contributed by atoms with Crippen molar-refractivity contribution in [3.63, 3.8) is 0 Å². The highest BCUT2D eigenvalue weighted by atomic mass is 16.2. The van der Waals surface area contributed by atoms with Gasteiger partial charge in [0.2, 0.25) is 0 Å². The molecule has 120 valence electrons. The van der Waals surface area contributed by atoms with Gasteiger partial charge in [0, 0.05) is 37.8 Å². The first-order chi connectivity index (χ1) is 11.3. The topological polar surface area (TPSA) is 23.6 Å². The predicted molar refractivity (Wildman–Crippen MR) is 93.7 cm³/mol. The normalized spacial score (nSPS) is 20.3. The summed E-state index contributed by atoms with van der Waals surface area (Å²) in [5, 5.41) is 2.21. The van der Waals surface area contributed by atoms with Crippen LogP contribution in [0.15, 0.2) is 42.5 Å². The van der Waals surface area contributed by atoms with Crippen LogP contribution in [-0.2, 0) is 0 Å². The van der Waals surface area contributed by atoms with E-state index in [1.807, 2.05) is 29.2 Å². The lowest BCUT2D eigenvalue weighted by molar-refractivity contribution is 0.0575. The summed E-state index contributed by atoms with van der Waals surface area (Å²) in [6.45, 7) is 3.78. The van der Waals surface area contributed by atoms with Crippen molar-refractivity contribution in [1.82, 2.24) is 9.80 Å². The van der Waals surface area contributed by atoms with E-state index in [0.717, 1.165) is 48.6 Å². The van der Waals surface area contributed by atoms with Crippen molar-refractivity contribution >= 4 is 16.7 Å². The highest BCUT2D eigenvalue weighted by molar-refractivity contribution is 6.07. The van der Waals surface area contributed by atoms with Crippen LogP contribution in [0.25, 0.3) is 10.8 Å². The molecule has 23 heavy (non-hydrogen) atoms. The van der Waals surface area contributed by atoms with Crippen LogP contribution in [0, 0.1) is 0 Å². The second-order valence-corrected chi connectivity index (χ2v) is 6.79. The van der Waals surface area contributed by atoms with Gasteiger partial charge in [-0.3, -0.25) is 9.69 Å². The van der Waals surface area contributed by atoms with Crippen LogP contribution >= 0.6 is 0 Å². The second kappa shape index (κ2) is 6.32. The standard InChI is InChI=1S/C20H24N2O/c23-20(19-11-5-7-16-6-1-4-10-18(16)19)22-14-12-21(13-15-22)17-8-2-3-9-17/h1,4-7,10-11,17H,2-3,8-9,12-15H2. The lowest BCUT2D eigenvalue weighted by atomic mass is 10.0. The van der Waals surface area contributed by atoms with E-state index >= 15 is 0 Å². The number of rotatable bonds is 2. The fourth-order valence-electron chi connectivity index (χ4n) is 4.14. The summed E-state index contributed by atoms with van der Waals surface area (Å²) in [4.78, 5) is 17.6. The highest BCUT2D eigenvalue weighted by Gasteiger charge is 2.28. The van der Waals surface area contributed by atoms with Gasteiger partial charge in [0.25, 0.3) is 5.91 Å². The van der Waals surface area contributed by atoms with E-state index in [1.165, 1.54) is 25.7 Å². The molecule has 0 aromatic heterocycles. The fourth-order valence-corrected chi connectivity index (χ4v) is 4.14. The van der Waals surface area contributed by atoms with Gasteiger partial charge in [0.1, 0.15) is 0 Å². The van der Waals surface area contributed by atoms with E-state index in [9.17, 15) is 4.79 Å². The van der Waals surface area contributed by atoms with Gasteiger partial charge in [0.15, 0.2) is 0 Å². The summed E-state index contributed by atoms with van der Waals surface area (Å²) >= 11 is 0. The highest BCUT2D eigenvalue weighted by Crippen LogP contribution is 2.25. The summed E-state index contributed by atoms with van der Waals surface area (Å²) in [6, 6.07) is 15.0. The Balaban J connectivity index is 1.49. The summed E-state index contributed by atoms with van der Waals surface area (Å²) in [6.07, 6.45) is 5.44. The van der Waals surface area contributed by atoms with Crippen molar-refractivity contribution < 1.29 is 4.79 Å². The largest absolute Gasteiger partial charge is 0.336 e. The maximum Gasteiger partial charge on any atom is 0.254 e. The average molecular weight is 308 g/mol. The first-order valence-corrected chi connectivity index (χ1v) is 8.84. The third-order valence-corrected chi connectivity index (χ3v) is 5.46. The Labute approximate surface area is 137 Å². The lowest BCUT2D eigenvalue weighted by Gasteiger charge is -2.38. The zero-order valence-electron chi connectivity index (χ0n) is 13.6. The van der Waals surface area contributed by atoms with Crippen LogP contribution in [0.4, 0.5) is 0 Å². The van der Waals surface area contributed by atoms with E-state index < -0.39 is 0 Å². The molecule has 1 saturated heterocycles. The van der Waals surface area contributed by atoms with Crippen molar-refractivity contribution in [3.05, 3.63) is 48.0 Å². The van der Waals surface area contributed by atoms with Gasteiger partial charge in [-0.15, -0.1) is 0 Å². The Morgan fingerprint density at radius 2 is 1.57 bits per heavy atom. The average Bonchev–Trinajstić information content (AvgIpc) is 3.15. The van der Waals surface area contributed by atoms with Gasteiger partial charge < -0.3 is 4.90 Å². The Morgan fingerprint density at radius 3 is 2.35 bits per heavy atom. The van der Waals surface area contributed by atoms with Gasteiger partial charge in [-0.25, -0.2) is 0 Å². The zero-order chi connectivity index (χ0) is 15.6. The smallest absolute Gasteiger partial charge is 0.254 e. The van der Waals surface area contributed by atoms with Crippen LogP contribution in [0.1, 0.15) is 36.0 Å². The Hall–Kier alpha value is -1.87. The summed E-state index contributed by atoms with van der Waals surface area (Å²) in [5.74, 6) is 0.188. The first kappa shape index (κ1) is 14.7. The monoisotopic (exact) mass is 308 g/mol. The van der Waals surface area contributed by atoms with Crippen molar-refractivity contribution in [2.75, 3.05) is 26.2 Å². The number of fused-ring (bicyclic) bond motifs is 1. The van der Waals surface area contributed by atoms with Crippen molar-refractivity contribution in [2.45, 2.75) is 31.7 Å². The number of amides is 1. The summed E-state index contributed by atoms with van der Waals surface area (Å²) < 4.78 is 0. The van der Waals surface area contributed by atoms with Gasteiger partial charge in [-0.2, -0.15) is 0 Å². The molecule has 2 aromatic carbocycles. The molecule has 0 spiro atoms. The molecule has 2 aromatic rings. The minimum atomic E-state index is 0.188. The molecular weight excluding hydrogens is 284 g/mol. The van der Waals surface area contributed by atoms with E-state index in [0.29, 0.717) is 0 Å². The molecule has 0 bridgehead atoms. The Morgan fingerprint density at radius 1 is 0.870 bits per heavy atom. The molecular formula is C20H24N2O. The first-order valence-electron chi connectivity index (χ1n) is 8.84. The summed E-state index contributed by atoms with van der Waals surface area (Å²) in [5.41, 5.74) is 0.845. The van der Waals surface area contributed by atoms with Crippen molar-refractivity contribution in [2.24, 2.45) is 0 Å². The fraction of sp³-hybridized carbons (Fsp3) is 0.450. The molecule has 2 aliphatic rings. The van der Waals surface area contributed by atoms with Crippen LogP contribution in [0.5, 0.6) is 0 Å². The second-order valence-electron chi connectivity index (χ2n) is 6.79. The number of benzene rings is 2. The van der Waals surface area contributed by atoms with E-state index in [2.05, 4.69) is 23.1 Å². The maximum atomic E-state index is 12.9. The minimum Gasteiger partial charge on any atom is -0.336 e. The van der Waals surface area contributed by atoms with E-state index in [-0.39, 0.29) is 5.91 Å². The molecule has 4 rings (SSSR count). The Kier molecular flexibility index (Phi) is 4.04. The number of hydrogen-bond acceptors (Lipinski definition) is 2. The summed E-state index contributed by atoms with van der Waals surface area (Å²) in [7, 11) is 0. The van der Waals surface area contributed by atoms with Crippen LogP contribution in [0.2, 0.25) is 0 Å². The molecule has 0 radical (unpaired) electrons.